The Morgan fingerprint density at radius 3 is 2.67 bits per heavy atom. The fourth-order valence-corrected chi connectivity index (χ4v) is 2.73. The minimum Gasteiger partial charge on any atom is -0.497 e. The van der Waals surface area contributed by atoms with Crippen molar-refractivity contribution in [1.82, 2.24) is 9.97 Å². The number of rotatable bonds is 3. The van der Waals surface area contributed by atoms with Crippen molar-refractivity contribution in [3.63, 3.8) is 0 Å². The Kier molecular flexibility index (Phi) is 3.64. The molecule has 0 atom stereocenters. The number of benzene rings is 1. The second kappa shape index (κ2) is 5.60. The molecule has 0 radical (unpaired) electrons. The molecule has 0 saturated carbocycles. The normalized spacial score (nSPS) is 14.5. The molecule has 1 fully saturated rings. The van der Waals surface area contributed by atoms with Gasteiger partial charge in [0.1, 0.15) is 17.3 Å². The highest BCUT2D eigenvalue weighted by molar-refractivity contribution is 5.81. The van der Waals surface area contributed by atoms with Crippen molar-refractivity contribution in [3.8, 4) is 17.0 Å². The van der Waals surface area contributed by atoms with Crippen molar-refractivity contribution in [1.29, 1.82) is 0 Å². The third-order valence-corrected chi connectivity index (χ3v) is 3.79. The molecule has 0 unspecified atom stereocenters. The average Bonchev–Trinajstić information content (AvgIpc) is 3.03. The van der Waals surface area contributed by atoms with Crippen LogP contribution in [-0.4, -0.2) is 30.2 Å². The van der Waals surface area contributed by atoms with E-state index in [2.05, 4.69) is 14.9 Å². The van der Waals surface area contributed by atoms with Crippen LogP contribution in [0.25, 0.3) is 11.3 Å². The standard InChI is InChI=1S/C16H20N4O/c1-11-18-15(12-6-5-7-13(10-12)21-2)14(17)16(19-11)20-8-3-4-9-20/h5-7,10H,3-4,8-9,17H2,1-2H3. The van der Waals surface area contributed by atoms with Crippen molar-refractivity contribution in [2.24, 2.45) is 0 Å². The maximum atomic E-state index is 6.35. The van der Waals surface area contributed by atoms with Crippen LogP contribution in [-0.2, 0) is 0 Å². The number of nitrogens with two attached hydrogens (primary N) is 1. The van der Waals surface area contributed by atoms with Crippen molar-refractivity contribution >= 4 is 11.5 Å². The summed E-state index contributed by atoms with van der Waals surface area (Å²) < 4.78 is 5.28. The number of nitrogens with zero attached hydrogens (tertiary/aromatic N) is 3. The van der Waals surface area contributed by atoms with Gasteiger partial charge in [-0.05, 0) is 31.9 Å². The molecular formula is C16H20N4O. The molecule has 3 rings (SSSR count). The third kappa shape index (κ3) is 2.63. The molecule has 0 bridgehead atoms. The monoisotopic (exact) mass is 284 g/mol. The van der Waals surface area contributed by atoms with E-state index in [-0.39, 0.29) is 0 Å². The van der Waals surface area contributed by atoms with E-state index in [4.69, 9.17) is 10.5 Å². The lowest BCUT2D eigenvalue weighted by Crippen LogP contribution is -2.21. The first-order chi connectivity index (χ1) is 10.2. The Hall–Kier alpha value is -2.30. The SMILES string of the molecule is COc1cccc(-c2nc(C)nc(N3CCCC3)c2N)c1. The summed E-state index contributed by atoms with van der Waals surface area (Å²) in [5.41, 5.74) is 8.73. The van der Waals surface area contributed by atoms with Crippen LogP contribution in [0, 0.1) is 6.92 Å². The largest absolute Gasteiger partial charge is 0.497 e. The maximum absolute atomic E-state index is 6.35. The average molecular weight is 284 g/mol. The summed E-state index contributed by atoms with van der Waals surface area (Å²) in [7, 11) is 1.66. The topological polar surface area (TPSA) is 64.3 Å². The molecule has 1 aromatic heterocycles. The molecule has 2 heterocycles. The number of aryl methyl sites for hydroxylation is 1. The van der Waals surface area contributed by atoms with Gasteiger partial charge in [0.15, 0.2) is 5.82 Å². The van der Waals surface area contributed by atoms with Gasteiger partial charge in [0, 0.05) is 18.7 Å². The van der Waals surface area contributed by atoms with Gasteiger partial charge in [0.2, 0.25) is 0 Å². The first kappa shape index (κ1) is 13.7. The van der Waals surface area contributed by atoms with Crippen LogP contribution < -0.4 is 15.4 Å². The van der Waals surface area contributed by atoms with Crippen LogP contribution >= 0.6 is 0 Å². The van der Waals surface area contributed by atoms with Gasteiger partial charge in [0.25, 0.3) is 0 Å². The second-order valence-corrected chi connectivity index (χ2v) is 5.28. The van der Waals surface area contributed by atoms with Crippen LogP contribution in [0.4, 0.5) is 11.5 Å². The smallest absolute Gasteiger partial charge is 0.156 e. The van der Waals surface area contributed by atoms with E-state index in [0.29, 0.717) is 5.69 Å². The highest BCUT2D eigenvalue weighted by Crippen LogP contribution is 2.33. The fourth-order valence-electron chi connectivity index (χ4n) is 2.73. The van der Waals surface area contributed by atoms with Crippen LogP contribution in [0.5, 0.6) is 5.75 Å². The zero-order valence-corrected chi connectivity index (χ0v) is 12.5. The van der Waals surface area contributed by atoms with Crippen molar-refractivity contribution in [2.75, 3.05) is 30.8 Å². The number of anilines is 2. The molecule has 2 N–H and O–H groups in total. The van der Waals surface area contributed by atoms with Gasteiger partial charge in [-0.3, -0.25) is 0 Å². The quantitative estimate of drug-likeness (QED) is 0.938. The van der Waals surface area contributed by atoms with E-state index >= 15 is 0 Å². The van der Waals surface area contributed by atoms with Crippen LogP contribution in [0.15, 0.2) is 24.3 Å². The third-order valence-electron chi connectivity index (χ3n) is 3.79. The number of methoxy groups -OCH3 is 1. The predicted octanol–water partition coefficient (Wildman–Crippen LogP) is 2.64. The summed E-state index contributed by atoms with van der Waals surface area (Å²) in [6.07, 6.45) is 2.38. The molecule has 2 aromatic rings. The fraction of sp³-hybridized carbons (Fsp3) is 0.375. The Labute approximate surface area is 124 Å². The number of nitrogen functional groups attached to an aromatic ring is 1. The minimum absolute atomic E-state index is 0.649. The number of hydrogen-bond donors (Lipinski definition) is 1. The zero-order chi connectivity index (χ0) is 14.8. The molecular weight excluding hydrogens is 264 g/mol. The molecule has 21 heavy (non-hydrogen) atoms. The van der Waals surface area contributed by atoms with Crippen LogP contribution in [0.2, 0.25) is 0 Å². The van der Waals surface area contributed by atoms with E-state index in [9.17, 15) is 0 Å². The van der Waals surface area contributed by atoms with Crippen molar-refractivity contribution < 1.29 is 4.74 Å². The number of hydrogen-bond acceptors (Lipinski definition) is 5. The van der Waals surface area contributed by atoms with Crippen LogP contribution in [0.1, 0.15) is 18.7 Å². The van der Waals surface area contributed by atoms with E-state index in [0.717, 1.165) is 41.7 Å². The Morgan fingerprint density at radius 2 is 1.95 bits per heavy atom. The van der Waals surface area contributed by atoms with Crippen LogP contribution in [0.3, 0.4) is 0 Å². The summed E-state index contributed by atoms with van der Waals surface area (Å²) in [4.78, 5) is 11.3. The van der Waals surface area contributed by atoms with Gasteiger partial charge in [-0.1, -0.05) is 12.1 Å². The summed E-state index contributed by atoms with van der Waals surface area (Å²) in [5.74, 6) is 2.40. The lowest BCUT2D eigenvalue weighted by Gasteiger charge is -2.20. The molecule has 110 valence electrons. The second-order valence-electron chi connectivity index (χ2n) is 5.28. The first-order valence-corrected chi connectivity index (χ1v) is 7.22. The molecule has 5 heteroatoms. The lowest BCUT2D eigenvalue weighted by atomic mass is 10.1. The number of aromatic nitrogens is 2. The highest BCUT2D eigenvalue weighted by atomic mass is 16.5. The Morgan fingerprint density at radius 1 is 1.19 bits per heavy atom. The summed E-state index contributed by atoms with van der Waals surface area (Å²) in [6.45, 7) is 3.93. The van der Waals surface area contributed by atoms with E-state index < -0.39 is 0 Å². The minimum atomic E-state index is 0.649. The lowest BCUT2D eigenvalue weighted by molar-refractivity contribution is 0.415. The van der Waals surface area contributed by atoms with E-state index in [1.807, 2.05) is 31.2 Å². The van der Waals surface area contributed by atoms with Gasteiger partial charge in [-0.15, -0.1) is 0 Å². The molecule has 1 saturated heterocycles. The van der Waals surface area contributed by atoms with E-state index in [1.54, 1.807) is 7.11 Å². The molecule has 5 nitrogen and oxygen atoms in total. The number of ether oxygens (including phenoxy) is 1. The molecule has 0 amide bonds. The molecule has 0 spiro atoms. The molecule has 1 aliphatic rings. The molecule has 0 aliphatic carbocycles. The van der Waals surface area contributed by atoms with Gasteiger partial charge >= 0.3 is 0 Å². The Balaban J connectivity index is 2.09. The molecule has 1 aromatic carbocycles. The van der Waals surface area contributed by atoms with Crippen molar-refractivity contribution in [3.05, 3.63) is 30.1 Å². The van der Waals surface area contributed by atoms with Gasteiger partial charge < -0.3 is 15.4 Å². The summed E-state index contributed by atoms with van der Waals surface area (Å²) >= 11 is 0. The Bertz CT molecular complexity index is 651. The predicted molar refractivity (Wildman–Crippen MR) is 84.6 cm³/mol. The van der Waals surface area contributed by atoms with E-state index in [1.165, 1.54) is 12.8 Å². The van der Waals surface area contributed by atoms with Gasteiger partial charge in [-0.2, -0.15) is 0 Å². The highest BCUT2D eigenvalue weighted by Gasteiger charge is 2.20. The maximum Gasteiger partial charge on any atom is 0.156 e. The summed E-state index contributed by atoms with van der Waals surface area (Å²) in [6, 6.07) is 7.80. The first-order valence-electron chi connectivity index (χ1n) is 7.22. The molecule has 1 aliphatic heterocycles. The zero-order valence-electron chi connectivity index (χ0n) is 12.5. The van der Waals surface area contributed by atoms with Crippen molar-refractivity contribution in [2.45, 2.75) is 19.8 Å². The van der Waals surface area contributed by atoms with Gasteiger partial charge in [-0.25, -0.2) is 9.97 Å². The summed E-state index contributed by atoms with van der Waals surface area (Å²) in [5, 5.41) is 0. The van der Waals surface area contributed by atoms with Gasteiger partial charge in [0.05, 0.1) is 12.8 Å².